The fourth-order valence-electron chi connectivity index (χ4n) is 0.876. The van der Waals surface area contributed by atoms with Gasteiger partial charge < -0.3 is 9.47 Å². The second-order valence-corrected chi connectivity index (χ2v) is 2.92. The van der Waals surface area contributed by atoms with Crippen LogP contribution in [0.15, 0.2) is 18.2 Å². The van der Waals surface area contributed by atoms with E-state index in [1.54, 1.807) is 18.2 Å². The maximum absolute atomic E-state index is 8.59. The van der Waals surface area contributed by atoms with E-state index in [-0.39, 0.29) is 6.79 Å². The van der Waals surface area contributed by atoms with Crippen LogP contribution in [0.3, 0.4) is 0 Å². The van der Waals surface area contributed by atoms with Gasteiger partial charge in [-0.15, -0.1) is 0 Å². The van der Waals surface area contributed by atoms with Gasteiger partial charge in [0.15, 0.2) is 6.79 Å². The number of rotatable bonds is 4. The van der Waals surface area contributed by atoms with Gasteiger partial charge >= 0.3 is 0 Å². The van der Waals surface area contributed by atoms with Crippen LogP contribution in [0.2, 0.25) is 5.02 Å². The zero-order chi connectivity index (χ0) is 10.4. The number of halogens is 1. The summed E-state index contributed by atoms with van der Waals surface area (Å²) in [4.78, 5) is 0. The van der Waals surface area contributed by atoms with Crippen molar-refractivity contribution < 1.29 is 9.47 Å². The summed E-state index contributed by atoms with van der Waals surface area (Å²) in [5.41, 5.74) is 0.513. The molecule has 0 radical (unpaired) electrons. The number of benzene rings is 1. The molecule has 0 bridgehead atoms. The summed E-state index contributed by atoms with van der Waals surface area (Å²) >= 11 is 5.86. The van der Waals surface area contributed by atoms with E-state index in [1.807, 2.05) is 13.0 Å². The third-order valence-corrected chi connectivity index (χ3v) is 1.86. The Kier molecular flexibility index (Phi) is 4.24. The second-order valence-electron chi connectivity index (χ2n) is 2.51. The molecule has 0 N–H and O–H groups in total. The smallest absolute Gasteiger partial charge is 0.189 e. The highest BCUT2D eigenvalue weighted by molar-refractivity contribution is 6.32. The molecule has 0 aliphatic heterocycles. The van der Waals surface area contributed by atoms with Crippen molar-refractivity contribution in [1.29, 1.82) is 5.26 Å². The van der Waals surface area contributed by atoms with Gasteiger partial charge in [0.25, 0.3) is 0 Å². The number of hydrogen-bond donors (Lipinski definition) is 0. The first kappa shape index (κ1) is 10.8. The highest BCUT2D eigenvalue weighted by atomic mass is 35.5. The minimum absolute atomic E-state index is 0.169. The Balaban J connectivity index is 2.65. The zero-order valence-corrected chi connectivity index (χ0v) is 8.54. The Hall–Kier alpha value is -1.24. The van der Waals surface area contributed by atoms with Gasteiger partial charge in [0.05, 0.1) is 16.7 Å². The lowest BCUT2D eigenvalue weighted by atomic mass is 10.2. The molecule has 0 saturated heterocycles. The Bertz CT molecular complexity index is 346. The summed E-state index contributed by atoms with van der Waals surface area (Å²) in [7, 11) is 0. The van der Waals surface area contributed by atoms with Crippen molar-refractivity contribution in [1.82, 2.24) is 0 Å². The Morgan fingerprint density at radius 3 is 2.86 bits per heavy atom. The molecule has 0 spiro atoms. The van der Waals surface area contributed by atoms with Crippen LogP contribution in [0.1, 0.15) is 12.5 Å². The number of ether oxygens (including phenoxy) is 2. The van der Waals surface area contributed by atoms with Gasteiger partial charge in [-0.05, 0) is 25.1 Å². The molecule has 4 heteroatoms. The summed E-state index contributed by atoms with van der Waals surface area (Å²) < 4.78 is 10.2. The molecule has 0 atom stereocenters. The van der Waals surface area contributed by atoms with Gasteiger partial charge in [-0.25, -0.2) is 0 Å². The van der Waals surface area contributed by atoms with E-state index < -0.39 is 0 Å². The lowest BCUT2D eigenvalue weighted by molar-refractivity contribution is 0.0225. The monoisotopic (exact) mass is 211 g/mol. The molecule has 1 aromatic carbocycles. The average Bonchev–Trinajstić information content (AvgIpc) is 2.20. The standard InChI is InChI=1S/C10H10ClNO2/c1-2-13-7-14-10-4-3-8(6-12)5-9(10)11/h3-5H,2,7H2,1H3. The quantitative estimate of drug-likeness (QED) is 0.568. The van der Waals surface area contributed by atoms with Crippen LogP contribution >= 0.6 is 11.6 Å². The van der Waals surface area contributed by atoms with Crippen molar-refractivity contribution in [3.05, 3.63) is 28.8 Å². The first-order valence-corrected chi connectivity index (χ1v) is 4.56. The van der Waals surface area contributed by atoms with E-state index in [9.17, 15) is 0 Å². The van der Waals surface area contributed by atoms with Crippen LogP contribution < -0.4 is 4.74 Å². The summed E-state index contributed by atoms with van der Waals surface area (Å²) in [6.07, 6.45) is 0. The number of nitrogens with zero attached hydrogens (tertiary/aromatic N) is 1. The minimum Gasteiger partial charge on any atom is -0.466 e. The lowest BCUT2D eigenvalue weighted by Gasteiger charge is -2.07. The van der Waals surface area contributed by atoms with Crippen molar-refractivity contribution in [2.24, 2.45) is 0 Å². The van der Waals surface area contributed by atoms with Crippen molar-refractivity contribution in [2.45, 2.75) is 6.92 Å². The lowest BCUT2D eigenvalue weighted by Crippen LogP contribution is -2.02. The normalized spacial score (nSPS) is 9.50. The van der Waals surface area contributed by atoms with Crippen molar-refractivity contribution in [3.63, 3.8) is 0 Å². The van der Waals surface area contributed by atoms with E-state index in [4.69, 9.17) is 26.3 Å². The summed E-state index contributed by atoms with van der Waals surface area (Å²) in [6.45, 7) is 2.64. The molecule has 3 nitrogen and oxygen atoms in total. The van der Waals surface area contributed by atoms with Crippen molar-refractivity contribution >= 4 is 11.6 Å². The molecule has 0 aromatic heterocycles. The van der Waals surface area contributed by atoms with Crippen molar-refractivity contribution in [3.8, 4) is 11.8 Å². The first-order valence-electron chi connectivity index (χ1n) is 4.18. The second kappa shape index (κ2) is 5.48. The van der Waals surface area contributed by atoms with Crippen molar-refractivity contribution in [2.75, 3.05) is 13.4 Å². The molecule has 0 unspecified atom stereocenters. The van der Waals surface area contributed by atoms with Gasteiger partial charge in [-0.3, -0.25) is 0 Å². The van der Waals surface area contributed by atoms with E-state index in [0.29, 0.717) is 22.9 Å². The third kappa shape index (κ3) is 2.91. The van der Waals surface area contributed by atoms with Crippen LogP contribution in [0.5, 0.6) is 5.75 Å². The molecule has 0 heterocycles. The maximum atomic E-state index is 8.59. The fourth-order valence-corrected chi connectivity index (χ4v) is 1.11. The molecule has 0 aliphatic rings. The minimum atomic E-state index is 0.169. The van der Waals surface area contributed by atoms with Crippen LogP contribution in [0.25, 0.3) is 0 Å². The predicted octanol–water partition coefficient (Wildman–Crippen LogP) is 2.58. The summed E-state index contributed by atoms with van der Waals surface area (Å²) in [6, 6.07) is 6.85. The largest absolute Gasteiger partial charge is 0.466 e. The Morgan fingerprint density at radius 1 is 1.50 bits per heavy atom. The van der Waals surface area contributed by atoms with E-state index >= 15 is 0 Å². The molecular weight excluding hydrogens is 202 g/mol. The summed E-state index contributed by atoms with van der Waals surface area (Å²) in [5.74, 6) is 0.527. The number of hydrogen-bond acceptors (Lipinski definition) is 3. The zero-order valence-electron chi connectivity index (χ0n) is 7.79. The van der Waals surface area contributed by atoms with Crippen LogP contribution in [-0.4, -0.2) is 13.4 Å². The average molecular weight is 212 g/mol. The van der Waals surface area contributed by atoms with Gasteiger partial charge in [-0.2, -0.15) is 5.26 Å². The molecule has 0 amide bonds. The fraction of sp³-hybridized carbons (Fsp3) is 0.300. The third-order valence-electron chi connectivity index (χ3n) is 1.56. The molecule has 14 heavy (non-hydrogen) atoms. The number of nitriles is 1. The van der Waals surface area contributed by atoms with Crippen LogP contribution in [0, 0.1) is 11.3 Å². The molecule has 0 aliphatic carbocycles. The van der Waals surface area contributed by atoms with E-state index in [1.165, 1.54) is 0 Å². The van der Waals surface area contributed by atoms with Gasteiger partial charge in [0.2, 0.25) is 0 Å². The topological polar surface area (TPSA) is 42.2 Å². The molecule has 0 fully saturated rings. The van der Waals surface area contributed by atoms with E-state index in [2.05, 4.69) is 0 Å². The first-order chi connectivity index (χ1) is 6.77. The van der Waals surface area contributed by atoms with Gasteiger partial charge in [0, 0.05) is 6.61 Å². The molecule has 1 rings (SSSR count). The SMILES string of the molecule is CCOCOc1ccc(C#N)cc1Cl. The molecule has 0 saturated carbocycles. The summed E-state index contributed by atoms with van der Waals surface area (Å²) in [5, 5.41) is 9.01. The maximum Gasteiger partial charge on any atom is 0.189 e. The highest BCUT2D eigenvalue weighted by Crippen LogP contribution is 2.24. The molecule has 74 valence electrons. The highest BCUT2D eigenvalue weighted by Gasteiger charge is 2.02. The molecule has 1 aromatic rings. The van der Waals surface area contributed by atoms with E-state index in [0.717, 1.165) is 0 Å². The van der Waals surface area contributed by atoms with Gasteiger partial charge in [-0.1, -0.05) is 11.6 Å². The predicted molar refractivity (Wildman–Crippen MR) is 53.3 cm³/mol. The van der Waals surface area contributed by atoms with Gasteiger partial charge in [0.1, 0.15) is 5.75 Å². The van der Waals surface area contributed by atoms with Crippen LogP contribution in [0.4, 0.5) is 0 Å². The Labute approximate surface area is 87.8 Å². The molecular formula is C10H10ClNO2. The Morgan fingerprint density at radius 2 is 2.29 bits per heavy atom. The van der Waals surface area contributed by atoms with Crippen LogP contribution in [-0.2, 0) is 4.74 Å².